The molecule has 4 nitrogen and oxygen atoms in total. The number of ether oxygens (including phenoxy) is 1. The maximum atomic E-state index is 8.46. The fourth-order valence-electron chi connectivity index (χ4n) is 0.636. The third-order valence-corrected chi connectivity index (χ3v) is 1.32. The van der Waals surface area contributed by atoms with Crippen LogP contribution >= 0.6 is 11.6 Å². The average Bonchev–Trinajstić information content (AvgIpc) is 2.05. The summed E-state index contributed by atoms with van der Waals surface area (Å²) in [6.07, 6.45) is 3.48. The summed E-state index contributed by atoms with van der Waals surface area (Å²) in [5.74, 6) is 0.385. The average molecular weight is 189 g/mol. The molecule has 0 bridgehead atoms. The van der Waals surface area contributed by atoms with Gasteiger partial charge in [0, 0.05) is 13.0 Å². The van der Waals surface area contributed by atoms with Gasteiger partial charge in [-0.3, -0.25) is 4.98 Å². The van der Waals surface area contributed by atoms with E-state index in [-0.39, 0.29) is 6.61 Å². The summed E-state index contributed by atoms with van der Waals surface area (Å²) >= 11 is 5.55. The molecule has 0 aliphatic heterocycles. The summed E-state index contributed by atoms with van der Waals surface area (Å²) < 4.78 is 5.11. The van der Waals surface area contributed by atoms with Crippen LogP contribution in [0.1, 0.15) is 6.42 Å². The van der Waals surface area contributed by atoms with Crippen molar-refractivity contribution in [3.8, 4) is 5.88 Å². The molecule has 12 heavy (non-hydrogen) atoms. The minimum absolute atomic E-state index is 0.105. The molecule has 1 rings (SSSR count). The van der Waals surface area contributed by atoms with Crippen LogP contribution in [0, 0.1) is 0 Å². The van der Waals surface area contributed by atoms with Gasteiger partial charge < -0.3 is 9.84 Å². The summed E-state index contributed by atoms with van der Waals surface area (Å²) in [6, 6.07) is 0. The van der Waals surface area contributed by atoms with Gasteiger partial charge in [0.15, 0.2) is 5.15 Å². The minimum atomic E-state index is 0.105. The molecule has 5 heteroatoms. The van der Waals surface area contributed by atoms with Gasteiger partial charge in [0.05, 0.1) is 19.0 Å². The van der Waals surface area contributed by atoms with Gasteiger partial charge in [-0.1, -0.05) is 11.6 Å². The summed E-state index contributed by atoms with van der Waals surface area (Å²) in [7, 11) is 0. The van der Waals surface area contributed by atoms with Crippen molar-refractivity contribution in [1.82, 2.24) is 9.97 Å². The molecule has 1 heterocycles. The zero-order chi connectivity index (χ0) is 8.81. The highest BCUT2D eigenvalue weighted by atomic mass is 35.5. The first-order valence-corrected chi connectivity index (χ1v) is 3.92. The lowest BCUT2D eigenvalue weighted by Gasteiger charge is -2.02. The van der Waals surface area contributed by atoms with Gasteiger partial charge in [-0.2, -0.15) is 4.98 Å². The smallest absolute Gasteiger partial charge is 0.233 e. The predicted octanol–water partition coefficient (Wildman–Crippen LogP) is 0.891. The van der Waals surface area contributed by atoms with Crippen LogP contribution < -0.4 is 4.74 Å². The molecule has 0 aliphatic rings. The van der Waals surface area contributed by atoms with E-state index in [2.05, 4.69) is 9.97 Å². The third-order valence-electron chi connectivity index (χ3n) is 1.14. The number of aromatic nitrogens is 2. The molecule has 1 aromatic heterocycles. The van der Waals surface area contributed by atoms with E-state index in [0.717, 1.165) is 0 Å². The fourth-order valence-corrected chi connectivity index (χ4v) is 0.776. The SMILES string of the molecule is OCCCOc1cncc(Cl)n1. The van der Waals surface area contributed by atoms with Gasteiger partial charge in [-0.05, 0) is 0 Å². The number of hydrogen-bond acceptors (Lipinski definition) is 4. The highest BCUT2D eigenvalue weighted by molar-refractivity contribution is 6.29. The second kappa shape index (κ2) is 4.90. The number of aliphatic hydroxyl groups excluding tert-OH is 1. The van der Waals surface area contributed by atoms with E-state index < -0.39 is 0 Å². The van der Waals surface area contributed by atoms with Crippen LogP contribution in [0.15, 0.2) is 12.4 Å². The lowest BCUT2D eigenvalue weighted by molar-refractivity contribution is 0.229. The molecule has 0 saturated heterocycles. The molecular formula is C7H9ClN2O2. The minimum Gasteiger partial charge on any atom is -0.476 e. The largest absolute Gasteiger partial charge is 0.476 e. The first-order chi connectivity index (χ1) is 5.83. The number of halogens is 1. The summed E-state index contributed by atoms with van der Waals surface area (Å²) in [5, 5.41) is 8.76. The second-order valence-electron chi connectivity index (χ2n) is 2.11. The van der Waals surface area contributed by atoms with Gasteiger partial charge in [-0.25, -0.2) is 0 Å². The van der Waals surface area contributed by atoms with Crippen LogP contribution in [0.2, 0.25) is 5.15 Å². The van der Waals surface area contributed by atoms with Crippen molar-refractivity contribution in [2.24, 2.45) is 0 Å². The Morgan fingerprint density at radius 3 is 3.00 bits per heavy atom. The van der Waals surface area contributed by atoms with E-state index in [9.17, 15) is 0 Å². The second-order valence-corrected chi connectivity index (χ2v) is 2.49. The van der Waals surface area contributed by atoms with Crippen LogP contribution in [0.3, 0.4) is 0 Å². The zero-order valence-corrected chi connectivity index (χ0v) is 7.16. The lowest BCUT2D eigenvalue weighted by Crippen LogP contribution is -2.01. The summed E-state index contributed by atoms with van der Waals surface area (Å²) in [4.78, 5) is 7.63. The van der Waals surface area contributed by atoms with E-state index in [1.165, 1.54) is 12.4 Å². The van der Waals surface area contributed by atoms with Crippen molar-refractivity contribution in [1.29, 1.82) is 0 Å². The van der Waals surface area contributed by atoms with Crippen LogP contribution in [0.4, 0.5) is 0 Å². The first-order valence-electron chi connectivity index (χ1n) is 3.54. The zero-order valence-electron chi connectivity index (χ0n) is 6.40. The molecule has 0 spiro atoms. The van der Waals surface area contributed by atoms with Gasteiger partial charge in [0.1, 0.15) is 0 Å². The standard InChI is InChI=1S/C7H9ClN2O2/c8-6-4-9-5-7(10-6)12-3-1-2-11/h4-5,11H,1-3H2. The predicted molar refractivity (Wildman–Crippen MR) is 44.2 cm³/mol. The molecule has 0 saturated carbocycles. The van der Waals surface area contributed by atoms with Gasteiger partial charge in [0.25, 0.3) is 0 Å². The van der Waals surface area contributed by atoms with Crippen molar-refractivity contribution >= 4 is 11.6 Å². The molecule has 0 fully saturated rings. The molecule has 1 aromatic rings. The Hall–Kier alpha value is -0.870. The molecule has 0 radical (unpaired) electrons. The lowest BCUT2D eigenvalue weighted by atomic mass is 10.5. The Morgan fingerprint density at radius 1 is 1.50 bits per heavy atom. The number of nitrogens with zero attached hydrogens (tertiary/aromatic N) is 2. The summed E-state index contributed by atoms with van der Waals surface area (Å²) in [5.41, 5.74) is 0. The number of hydrogen-bond donors (Lipinski definition) is 1. The fraction of sp³-hybridized carbons (Fsp3) is 0.429. The first kappa shape index (κ1) is 9.22. The molecule has 0 amide bonds. The van der Waals surface area contributed by atoms with E-state index in [1.807, 2.05) is 0 Å². The molecule has 0 aliphatic carbocycles. The normalized spacial score (nSPS) is 9.83. The molecule has 0 unspecified atom stereocenters. The summed E-state index contributed by atoms with van der Waals surface area (Å²) in [6.45, 7) is 0.527. The highest BCUT2D eigenvalue weighted by Crippen LogP contribution is 2.08. The van der Waals surface area contributed by atoms with Crippen LogP contribution in [-0.4, -0.2) is 28.3 Å². The maximum Gasteiger partial charge on any atom is 0.233 e. The monoisotopic (exact) mass is 188 g/mol. The van der Waals surface area contributed by atoms with Crippen molar-refractivity contribution in [3.63, 3.8) is 0 Å². The van der Waals surface area contributed by atoms with Crippen molar-refractivity contribution < 1.29 is 9.84 Å². The van der Waals surface area contributed by atoms with E-state index in [0.29, 0.717) is 24.1 Å². The number of rotatable bonds is 4. The van der Waals surface area contributed by atoms with Crippen molar-refractivity contribution in [2.45, 2.75) is 6.42 Å². The van der Waals surface area contributed by atoms with E-state index in [1.54, 1.807) is 0 Å². The van der Waals surface area contributed by atoms with E-state index in [4.69, 9.17) is 21.4 Å². The quantitative estimate of drug-likeness (QED) is 0.714. The topological polar surface area (TPSA) is 55.2 Å². The Kier molecular flexibility index (Phi) is 3.76. The van der Waals surface area contributed by atoms with Crippen molar-refractivity contribution in [3.05, 3.63) is 17.5 Å². The van der Waals surface area contributed by atoms with E-state index >= 15 is 0 Å². The molecule has 1 N–H and O–H groups in total. The Bertz CT molecular complexity index is 245. The molecule has 66 valence electrons. The van der Waals surface area contributed by atoms with Gasteiger partial charge in [-0.15, -0.1) is 0 Å². The Morgan fingerprint density at radius 2 is 2.33 bits per heavy atom. The maximum absolute atomic E-state index is 8.46. The van der Waals surface area contributed by atoms with Gasteiger partial charge in [0.2, 0.25) is 5.88 Å². The Balaban J connectivity index is 2.41. The molecular weight excluding hydrogens is 180 g/mol. The third kappa shape index (κ3) is 3.02. The van der Waals surface area contributed by atoms with Gasteiger partial charge >= 0.3 is 0 Å². The Labute approximate surface area is 75.2 Å². The number of aliphatic hydroxyl groups is 1. The van der Waals surface area contributed by atoms with Crippen LogP contribution in [0.25, 0.3) is 0 Å². The van der Waals surface area contributed by atoms with Crippen molar-refractivity contribution in [2.75, 3.05) is 13.2 Å². The van der Waals surface area contributed by atoms with Crippen LogP contribution in [-0.2, 0) is 0 Å². The molecule has 0 atom stereocenters. The molecule has 0 aromatic carbocycles. The highest BCUT2D eigenvalue weighted by Gasteiger charge is 1.95. The van der Waals surface area contributed by atoms with Crippen LogP contribution in [0.5, 0.6) is 5.88 Å².